The van der Waals surface area contributed by atoms with Crippen LogP contribution >= 0.6 is 0 Å². The van der Waals surface area contributed by atoms with Gasteiger partial charge in [0.1, 0.15) is 11.6 Å². The van der Waals surface area contributed by atoms with Crippen LogP contribution in [0.25, 0.3) is 10.9 Å². The molecule has 1 aromatic heterocycles. The molecule has 3 aromatic rings. The van der Waals surface area contributed by atoms with Crippen molar-refractivity contribution < 1.29 is 23.7 Å². The number of carbonyl (C=O) groups is 1. The molecule has 0 spiro atoms. The first-order valence-electron chi connectivity index (χ1n) is 13.6. The summed E-state index contributed by atoms with van der Waals surface area (Å²) >= 11 is 0. The van der Waals surface area contributed by atoms with Gasteiger partial charge < -0.3 is 34.5 Å². The van der Waals surface area contributed by atoms with Crippen LogP contribution in [0, 0.1) is 0 Å². The molecule has 1 amide bonds. The average Bonchev–Trinajstić information content (AvgIpc) is 2.98. The van der Waals surface area contributed by atoms with E-state index in [1.165, 1.54) is 7.11 Å². The molecule has 2 atom stereocenters. The minimum atomic E-state index is -1.05. The molecule has 2 unspecified atom stereocenters. The van der Waals surface area contributed by atoms with Crippen molar-refractivity contribution in [3.8, 4) is 17.2 Å². The molecule has 1 aliphatic heterocycles. The second-order valence-corrected chi connectivity index (χ2v) is 10.3. The third-order valence-electron chi connectivity index (χ3n) is 7.56. The van der Waals surface area contributed by atoms with Crippen LogP contribution in [-0.4, -0.2) is 67.5 Å². The fourth-order valence-corrected chi connectivity index (χ4v) is 5.52. The number of nitrogens with zero attached hydrogens (tertiary/aromatic N) is 4. The van der Waals surface area contributed by atoms with Gasteiger partial charge in [-0.2, -0.15) is 4.98 Å². The number of carbonyl (C=O) groups excluding carboxylic acids is 1. The fraction of sp³-hybridized carbons (Fsp3) is 0.433. The number of methoxy groups -OCH3 is 3. The number of piperazine rings is 1. The van der Waals surface area contributed by atoms with Gasteiger partial charge in [0.25, 0.3) is 12.2 Å². The van der Waals surface area contributed by atoms with Gasteiger partial charge in [0.2, 0.25) is 5.95 Å². The van der Waals surface area contributed by atoms with Crippen LogP contribution in [0.3, 0.4) is 0 Å². The van der Waals surface area contributed by atoms with Crippen molar-refractivity contribution in [1.29, 1.82) is 0 Å². The van der Waals surface area contributed by atoms with Gasteiger partial charge in [-0.25, -0.2) is 4.98 Å². The number of amides is 1. The van der Waals surface area contributed by atoms with Crippen molar-refractivity contribution in [3.05, 3.63) is 53.7 Å². The fourth-order valence-electron chi connectivity index (χ4n) is 5.52. The molecule has 0 radical (unpaired) electrons. The Morgan fingerprint density at radius 1 is 1.02 bits per heavy atom. The van der Waals surface area contributed by atoms with Crippen molar-refractivity contribution in [2.24, 2.45) is 0 Å². The summed E-state index contributed by atoms with van der Waals surface area (Å²) in [6.07, 6.45) is 3.82. The van der Waals surface area contributed by atoms with Crippen molar-refractivity contribution in [1.82, 2.24) is 14.9 Å². The molecule has 2 aromatic carbocycles. The van der Waals surface area contributed by atoms with Gasteiger partial charge in [-0.3, -0.25) is 4.79 Å². The second kappa shape index (κ2) is 11.6. The maximum absolute atomic E-state index is 13.8. The number of hydrogen-bond donors (Lipinski definition) is 1. The standard InChI is InChI=1S/C30H37N5O5/c1-18(2)19-10-6-9-13-24(19)40-29(39-5)28(36)34-14-15-35(23-12-8-7-11-22(23)34)30-32-21-17-26(38-4)25(37-3)16-20(21)27(31)33-30/h6,9-10,12-13,16-18,22,29H,7-8,11,14-15H2,1-5H3,(H2,31,32,33). The molecule has 212 valence electrons. The van der Waals surface area contributed by atoms with E-state index in [4.69, 9.17) is 29.7 Å². The minimum Gasteiger partial charge on any atom is -0.493 e. The highest BCUT2D eigenvalue weighted by Crippen LogP contribution is 2.37. The number of rotatable bonds is 8. The summed E-state index contributed by atoms with van der Waals surface area (Å²) in [6.45, 7) is 5.16. The predicted molar refractivity (Wildman–Crippen MR) is 154 cm³/mol. The van der Waals surface area contributed by atoms with E-state index in [0.717, 1.165) is 30.5 Å². The quantitative estimate of drug-likeness (QED) is 0.408. The van der Waals surface area contributed by atoms with Crippen LogP contribution in [0.1, 0.15) is 44.6 Å². The van der Waals surface area contributed by atoms with Crippen LogP contribution in [0.5, 0.6) is 17.2 Å². The Morgan fingerprint density at radius 2 is 1.77 bits per heavy atom. The molecule has 1 aliphatic carbocycles. The molecule has 2 aliphatic rings. The van der Waals surface area contributed by atoms with E-state index in [9.17, 15) is 4.79 Å². The van der Waals surface area contributed by atoms with Gasteiger partial charge in [-0.15, -0.1) is 0 Å². The Hall–Kier alpha value is -4.05. The van der Waals surface area contributed by atoms with Gasteiger partial charge in [-0.05, 0) is 42.9 Å². The zero-order valence-corrected chi connectivity index (χ0v) is 23.7. The first-order chi connectivity index (χ1) is 19.4. The largest absolute Gasteiger partial charge is 0.493 e. The molecule has 1 fully saturated rings. The second-order valence-electron chi connectivity index (χ2n) is 10.3. The lowest BCUT2D eigenvalue weighted by Gasteiger charge is -2.45. The van der Waals surface area contributed by atoms with Crippen LogP contribution < -0.4 is 24.8 Å². The number of nitrogens with two attached hydrogens (primary N) is 1. The lowest BCUT2D eigenvalue weighted by atomic mass is 9.94. The Morgan fingerprint density at radius 3 is 2.50 bits per heavy atom. The topological polar surface area (TPSA) is 112 Å². The molecule has 0 bridgehead atoms. The number of para-hydroxylation sites is 1. The summed E-state index contributed by atoms with van der Waals surface area (Å²) in [5.74, 6) is 2.67. The normalized spacial score (nSPS) is 17.9. The Bertz CT molecular complexity index is 1430. The van der Waals surface area contributed by atoms with E-state index in [-0.39, 0.29) is 17.9 Å². The highest BCUT2D eigenvalue weighted by atomic mass is 16.7. The monoisotopic (exact) mass is 547 g/mol. The van der Waals surface area contributed by atoms with Crippen LogP contribution in [0.4, 0.5) is 11.8 Å². The Balaban J connectivity index is 1.43. The lowest BCUT2D eigenvalue weighted by Crippen LogP contribution is -2.58. The van der Waals surface area contributed by atoms with Crippen LogP contribution in [0.2, 0.25) is 0 Å². The molecule has 1 saturated heterocycles. The number of fused-ring (bicyclic) bond motifs is 2. The molecular formula is C30H37N5O5. The predicted octanol–water partition coefficient (Wildman–Crippen LogP) is 4.49. The molecule has 2 heterocycles. The Labute approximate surface area is 234 Å². The number of aromatic nitrogens is 2. The Kier molecular flexibility index (Phi) is 7.97. The average molecular weight is 548 g/mol. The van der Waals surface area contributed by atoms with E-state index < -0.39 is 6.29 Å². The SMILES string of the molecule is COc1cc2nc(N3CCN(C(=O)C(OC)Oc4ccccc4C(C)C)C4CCCC=C43)nc(N)c2cc1OC. The summed E-state index contributed by atoms with van der Waals surface area (Å²) in [7, 11) is 4.67. The van der Waals surface area contributed by atoms with E-state index in [0.29, 0.717) is 53.0 Å². The molecule has 5 rings (SSSR count). The van der Waals surface area contributed by atoms with Crippen molar-refractivity contribution in [3.63, 3.8) is 0 Å². The summed E-state index contributed by atoms with van der Waals surface area (Å²) in [6, 6.07) is 11.2. The first kappa shape index (κ1) is 27.5. The number of anilines is 2. The van der Waals surface area contributed by atoms with Gasteiger partial charge in [-0.1, -0.05) is 38.1 Å². The minimum absolute atomic E-state index is 0.150. The van der Waals surface area contributed by atoms with Crippen molar-refractivity contribution >= 4 is 28.6 Å². The molecule has 10 heteroatoms. The lowest BCUT2D eigenvalue weighted by molar-refractivity contribution is -0.162. The molecule has 0 saturated carbocycles. The molecular weight excluding hydrogens is 510 g/mol. The summed E-state index contributed by atoms with van der Waals surface area (Å²) in [5, 5.41) is 0.686. The smallest absolute Gasteiger partial charge is 0.292 e. The summed E-state index contributed by atoms with van der Waals surface area (Å²) < 4.78 is 22.6. The maximum atomic E-state index is 13.8. The third-order valence-corrected chi connectivity index (χ3v) is 7.56. The summed E-state index contributed by atoms with van der Waals surface area (Å²) in [5.41, 5.74) is 9.07. The van der Waals surface area contributed by atoms with E-state index in [1.807, 2.05) is 29.2 Å². The van der Waals surface area contributed by atoms with Crippen molar-refractivity contribution in [2.75, 3.05) is 45.1 Å². The molecule has 40 heavy (non-hydrogen) atoms. The third kappa shape index (κ3) is 5.11. The van der Waals surface area contributed by atoms with Gasteiger partial charge in [0, 0.05) is 37.3 Å². The van der Waals surface area contributed by atoms with Crippen molar-refractivity contribution in [2.45, 2.75) is 51.4 Å². The van der Waals surface area contributed by atoms with E-state index >= 15 is 0 Å². The number of hydrogen-bond acceptors (Lipinski definition) is 9. The van der Waals surface area contributed by atoms with Gasteiger partial charge in [0.05, 0.1) is 25.8 Å². The zero-order valence-electron chi connectivity index (χ0n) is 23.7. The highest BCUT2D eigenvalue weighted by Gasteiger charge is 2.40. The van der Waals surface area contributed by atoms with E-state index in [2.05, 4.69) is 29.8 Å². The van der Waals surface area contributed by atoms with Crippen LogP contribution in [-0.2, 0) is 9.53 Å². The number of allylic oxidation sites excluding steroid dienone is 1. The van der Waals surface area contributed by atoms with Gasteiger partial charge >= 0.3 is 0 Å². The summed E-state index contributed by atoms with van der Waals surface area (Å²) in [4.78, 5) is 27.3. The maximum Gasteiger partial charge on any atom is 0.292 e. The first-order valence-corrected chi connectivity index (χ1v) is 13.6. The number of benzene rings is 2. The number of nitrogen functional groups attached to an aromatic ring is 1. The molecule has 2 N–H and O–H groups in total. The number of ether oxygens (including phenoxy) is 4. The zero-order chi connectivity index (χ0) is 28.4. The van der Waals surface area contributed by atoms with Crippen LogP contribution in [0.15, 0.2) is 48.2 Å². The van der Waals surface area contributed by atoms with Gasteiger partial charge in [0.15, 0.2) is 11.5 Å². The highest BCUT2D eigenvalue weighted by molar-refractivity contribution is 5.92. The molecule has 10 nitrogen and oxygen atoms in total. The van der Waals surface area contributed by atoms with E-state index in [1.54, 1.807) is 26.4 Å².